The molecule has 0 aliphatic carbocycles. The molecule has 4 nitrogen and oxygen atoms in total. The highest BCUT2D eigenvalue weighted by atomic mass is 35.5. The van der Waals surface area contributed by atoms with Gasteiger partial charge >= 0.3 is 11.9 Å². The van der Waals surface area contributed by atoms with E-state index in [1.165, 1.54) is 12.1 Å². The quantitative estimate of drug-likeness (QED) is 0.223. The second-order valence-corrected chi connectivity index (χ2v) is 5.64. The summed E-state index contributed by atoms with van der Waals surface area (Å²) in [7, 11) is 0. The molecule has 2 aromatic rings. The molecule has 0 aliphatic rings. The van der Waals surface area contributed by atoms with E-state index in [0.29, 0.717) is 0 Å². The highest BCUT2D eigenvalue weighted by Crippen LogP contribution is 2.28. The number of esters is 2. The highest BCUT2D eigenvalue weighted by molar-refractivity contribution is 6.32. The van der Waals surface area contributed by atoms with Crippen molar-refractivity contribution in [2.45, 2.75) is 19.4 Å². The van der Waals surface area contributed by atoms with Crippen molar-refractivity contribution in [1.29, 1.82) is 0 Å². The van der Waals surface area contributed by atoms with Gasteiger partial charge in [0, 0.05) is 0 Å². The number of para-hydroxylation sites is 1. The molecule has 0 fully saturated rings. The Balaban J connectivity index is 1.93. The molecular weight excluding hydrogens is 418 g/mol. The Morgan fingerprint density at radius 2 is 1.36 bits per heavy atom. The van der Waals surface area contributed by atoms with Gasteiger partial charge in [-0.3, -0.25) is 9.59 Å². The first kappa shape index (κ1) is 21.5. The third-order valence-electron chi connectivity index (χ3n) is 3.35. The Labute approximate surface area is 158 Å². The lowest BCUT2D eigenvalue weighted by Crippen LogP contribution is -2.14. The van der Waals surface area contributed by atoms with Crippen molar-refractivity contribution < 1.29 is 45.4 Å². The van der Waals surface area contributed by atoms with Gasteiger partial charge in [0.05, 0.1) is 23.4 Å². The smallest absolute Gasteiger partial charge is 0.311 e. The summed E-state index contributed by atoms with van der Waals surface area (Å²) in [6.07, 6.45) is -1.29. The number of halogens is 7. The Hall–Kier alpha value is -2.75. The molecule has 0 heterocycles. The SMILES string of the molecule is O=C(CCC(=O)Oc1c(F)cccc1Cl)OCc1c(F)c(F)c(F)c(F)c1F. The molecule has 0 aromatic heterocycles. The number of hydrogen-bond donors (Lipinski definition) is 0. The van der Waals surface area contributed by atoms with Gasteiger partial charge in [0.15, 0.2) is 34.8 Å². The van der Waals surface area contributed by atoms with Crippen LogP contribution < -0.4 is 4.74 Å². The van der Waals surface area contributed by atoms with E-state index in [9.17, 15) is 35.9 Å². The van der Waals surface area contributed by atoms with Crippen molar-refractivity contribution in [3.63, 3.8) is 0 Å². The number of carbonyl (C=O) groups excluding carboxylic acids is 2. The average molecular weight is 427 g/mol. The van der Waals surface area contributed by atoms with Crippen molar-refractivity contribution >= 4 is 23.5 Å². The van der Waals surface area contributed by atoms with E-state index in [1.54, 1.807) is 0 Å². The van der Waals surface area contributed by atoms with Gasteiger partial charge in [-0.2, -0.15) is 0 Å². The maximum Gasteiger partial charge on any atom is 0.311 e. The largest absolute Gasteiger partial charge is 0.461 e. The first-order valence-electron chi connectivity index (χ1n) is 7.44. The predicted octanol–water partition coefficient (Wildman–Crippen LogP) is 4.60. The average Bonchev–Trinajstić information content (AvgIpc) is 2.66. The van der Waals surface area contributed by atoms with Gasteiger partial charge in [0.25, 0.3) is 0 Å². The van der Waals surface area contributed by atoms with Crippen LogP contribution in [-0.4, -0.2) is 11.9 Å². The molecule has 2 aromatic carbocycles. The van der Waals surface area contributed by atoms with Gasteiger partial charge in [-0.05, 0) is 12.1 Å². The van der Waals surface area contributed by atoms with Crippen LogP contribution in [0.1, 0.15) is 18.4 Å². The predicted molar refractivity (Wildman–Crippen MR) is 82.3 cm³/mol. The van der Waals surface area contributed by atoms with E-state index in [0.717, 1.165) is 6.07 Å². The summed E-state index contributed by atoms with van der Waals surface area (Å²) in [5.74, 6) is -14.7. The summed E-state index contributed by atoms with van der Waals surface area (Å²) in [6, 6.07) is 3.50. The van der Waals surface area contributed by atoms with Crippen LogP contribution in [-0.2, 0) is 20.9 Å². The van der Waals surface area contributed by atoms with Crippen molar-refractivity contribution in [2.24, 2.45) is 0 Å². The highest BCUT2D eigenvalue weighted by Gasteiger charge is 2.26. The molecule has 0 bridgehead atoms. The maximum absolute atomic E-state index is 13.5. The lowest BCUT2D eigenvalue weighted by molar-refractivity contribution is -0.148. The molecule has 0 spiro atoms. The minimum absolute atomic E-state index is 0.192. The fourth-order valence-electron chi connectivity index (χ4n) is 1.95. The minimum atomic E-state index is -2.35. The Morgan fingerprint density at radius 1 is 0.821 bits per heavy atom. The van der Waals surface area contributed by atoms with Crippen molar-refractivity contribution in [3.05, 3.63) is 63.7 Å². The molecular formula is C17H9ClF6O4. The topological polar surface area (TPSA) is 52.6 Å². The van der Waals surface area contributed by atoms with E-state index < -0.39 is 77.6 Å². The fourth-order valence-corrected chi connectivity index (χ4v) is 2.15. The van der Waals surface area contributed by atoms with Crippen LogP contribution in [0.4, 0.5) is 26.3 Å². The zero-order valence-corrected chi connectivity index (χ0v) is 14.4. The second kappa shape index (κ2) is 8.96. The molecule has 2 rings (SSSR count). The van der Waals surface area contributed by atoms with Gasteiger partial charge in [0.2, 0.25) is 5.82 Å². The summed E-state index contributed by atoms with van der Waals surface area (Å²) in [6.45, 7) is -1.25. The van der Waals surface area contributed by atoms with Crippen LogP contribution in [0.2, 0.25) is 5.02 Å². The summed E-state index contributed by atoms with van der Waals surface area (Å²) in [5.41, 5.74) is -1.34. The first-order chi connectivity index (χ1) is 13.1. The fraction of sp³-hybridized carbons (Fsp3) is 0.176. The number of hydrogen-bond acceptors (Lipinski definition) is 4. The van der Waals surface area contributed by atoms with Gasteiger partial charge in [-0.25, -0.2) is 26.3 Å². The van der Waals surface area contributed by atoms with Crippen molar-refractivity contribution in [3.8, 4) is 5.75 Å². The van der Waals surface area contributed by atoms with Gasteiger partial charge in [0.1, 0.15) is 6.61 Å². The summed E-state index contributed by atoms with van der Waals surface area (Å²) in [4.78, 5) is 23.1. The molecule has 0 unspecified atom stereocenters. The summed E-state index contributed by atoms with van der Waals surface area (Å²) >= 11 is 5.65. The van der Waals surface area contributed by atoms with Gasteiger partial charge in [-0.15, -0.1) is 0 Å². The molecule has 0 aliphatic heterocycles. The monoisotopic (exact) mass is 426 g/mol. The van der Waals surface area contributed by atoms with Gasteiger partial charge in [-0.1, -0.05) is 17.7 Å². The van der Waals surface area contributed by atoms with Crippen LogP contribution in [0.5, 0.6) is 5.75 Å². The third-order valence-corrected chi connectivity index (χ3v) is 3.64. The summed E-state index contributed by atoms with van der Waals surface area (Å²) in [5, 5.41) is -0.192. The van der Waals surface area contributed by atoms with Crippen LogP contribution in [0, 0.1) is 34.9 Å². The van der Waals surface area contributed by atoms with E-state index in [1.807, 2.05) is 0 Å². The van der Waals surface area contributed by atoms with E-state index in [2.05, 4.69) is 9.47 Å². The lowest BCUT2D eigenvalue weighted by Gasteiger charge is -2.09. The molecule has 0 N–H and O–H groups in total. The van der Waals surface area contributed by atoms with Crippen LogP contribution in [0.3, 0.4) is 0 Å². The van der Waals surface area contributed by atoms with Crippen LogP contribution in [0.25, 0.3) is 0 Å². The van der Waals surface area contributed by atoms with E-state index in [4.69, 9.17) is 11.6 Å². The van der Waals surface area contributed by atoms with Crippen LogP contribution in [0.15, 0.2) is 18.2 Å². The Kier molecular flexibility index (Phi) is 6.90. The Morgan fingerprint density at radius 3 is 1.93 bits per heavy atom. The minimum Gasteiger partial charge on any atom is -0.461 e. The first-order valence-corrected chi connectivity index (χ1v) is 7.81. The van der Waals surface area contributed by atoms with Crippen LogP contribution >= 0.6 is 11.6 Å². The zero-order chi connectivity index (χ0) is 21.0. The van der Waals surface area contributed by atoms with Crippen molar-refractivity contribution in [2.75, 3.05) is 0 Å². The molecule has 0 radical (unpaired) electrons. The molecule has 0 amide bonds. The molecule has 28 heavy (non-hydrogen) atoms. The molecule has 0 atom stereocenters. The zero-order valence-electron chi connectivity index (χ0n) is 13.6. The normalized spacial score (nSPS) is 10.7. The third kappa shape index (κ3) is 4.75. The summed E-state index contributed by atoms with van der Waals surface area (Å²) < 4.78 is 88.5. The standard InChI is InChI=1S/C17H9ClF6O4/c18-8-2-1-3-9(19)17(8)28-11(26)5-4-10(25)27-6-7-12(20)14(22)16(24)15(23)13(7)21/h1-3H,4-6H2. The molecule has 0 saturated heterocycles. The van der Waals surface area contributed by atoms with E-state index in [-0.39, 0.29) is 5.02 Å². The van der Waals surface area contributed by atoms with Crippen molar-refractivity contribution in [1.82, 2.24) is 0 Å². The molecule has 11 heteroatoms. The number of carbonyl (C=O) groups is 2. The Bertz CT molecular complexity index is 885. The second-order valence-electron chi connectivity index (χ2n) is 5.23. The maximum atomic E-state index is 13.5. The number of rotatable bonds is 6. The van der Waals surface area contributed by atoms with Gasteiger partial charge < -0.3 is 9.47 Å². The number of benzene rings is 2. The molecule has 0 saturated carbocycles. The van der Waals surface area contributed by atoms with E-state index >= 15 is 0 Å². The molecule has 150 valence electrons. The lowest BCUT2D eigenvalue weighted by atomic mass is 10.2. The number of ether oxygens (including phenoxy) is 2.